The number of rotatable bonds is 11. The molecule has 6 nitrogen and oxygen atoms in total. The first-order chi connectivity index (χ1) is 16.9. The normalized spacial score (nSPS) is 17.8. The van der Waals surface area contributed by atoms with E-state index in [4.69, 9.17) is 20.2 Å². The maximum absolute atomic E-state index is 10.6. The molecule has 0 bridgehead atoms. The quantitative estimate of drug-likeness (QED) is 0.145. The Bertz CT molecular complexity index is 1060. The molecule has 4 N–H and O–H groups in total. The van der Waals surface area contributed by atoms with Crippen molar-refractivity contribution in [3.63, 3.8) is 0 Å². The van der Waals surface area contributed by atoms with E-state index in [0.717, 1.165) is 23.3 Å². The molecule has 188 valence electrons. The van der Waals surface area contributed by atoms with Gasteiger partial charge in [0, 0.05) is 29.8 Å². The Morgan fingerprint density at radius 3 is 2.74 bits per heavy atom. The molecule has 0 radical (unpaired) electrons. The molecule has 35 heavy (non-hydrogen) atoms. The summed E-state index contributed by atoms with van der Waals surface area (Å²) in [5, 5.41) is 14.0. The fraction of sp³-hybridized carbons (Fsp3) is 0.345. The van der Waals surface area contributed by atoms with E-state index >= 15 is 0 Å². The number of aliphatic hydroxyl groups is 1. The summed E-state index contributed by atoms with van der Waals surface area (Å²) in [6.07, 6.45) is 11.5. The summed E-state index contributed by atoms with van der Waals surface area (Å²) >= 11 is 0. The number of hydrogen-bond acceptors (Lipinski definition) is 6. The molecule has 1 saturated heterocycles. The van der Waals surface area contributed by atoms with Gasteiger partial charge in [0.25, 0.3) is 5.88 Å². The van der Waals surface area contributed by atoms with Crippen LogP contribution in [-0.4, -0.2) is 30.6 Å². The van der Waals surface area contributed by atoms with Gasteiger partial charge in [-0.3, -0.25) is 0 Å². The van der Waals surface area contributed by atoms with Gasteiger partial charge in [-0.2, -0.15) is 0 Å². The van der Waals surface area contributed by atoms with Crippen molar-refractivity contribution in [2.45, 2.75) is 47.0 Å². The largest absolute Gasteiger partial charge is 0.508 e. The Morgan fingerprint density at radius 1 is 1.29 bits per heavy atom. The molecular formula is C29H39N3O3. The number of nitrogen functional groups attached to an aromatic ring is 1. The molecule has 0 saturated carbocycles. The van der Waals surface area contributed by atoms with Gasteiger partial charge in [-0.1, -0.05) is 56.9 Å². The van der Waals surface area contributed by atoms with Crippen molar-refractivity contribution in [3.05, 3.63) is 95.5 Å². The third kappa shape index (κ3) is 8.25. The highest BCUT2D eigenvalue weighted by Gasteiger charge is 2.20. The minimum Gasteiger partial charge on any atom is -0.508 e. The van der Waals surface area contributed by atoms with Crippen molar-refractivity contribution in [2.75, 3.05) is 25.5 Å². The van der Waals surface area contributed by atoms with Crippen molar-refractivity contribution in [1.82, 2.24) is 5.32 Å². The second-order valence-corrected chi connectivity index (χ2v) is 8.03. The van der Waals surface area contributed by atoms with Gasteiger partial charge >= 0.3 is 0 Å². The van der Waals surface area contributed by atoms with Crippen LogP contribution < -0.4 is 11.1 Å². The molecule has 1 aromatic rings. The summed E-state index contributed by atoms with van der Waals surface area (Å²) in [4.78, 5) is 4.79. The minimum atomic E-state index is 0.177. The van der Waals surface area contributed by atoms with Crippen molar-refractivity contribution < 1.29 is 14.6 Å². The van der Waals surface area contributed by atoms with E-state index in [1.165, 1.54) is 0 Å². The van der Waals surface area contributed by atoms with E-state index in [2.05, 4.69) is 24.9 Å². The van der Waals surface area contributed by atoms with Crippen molar-refractivity contribution in [2.24, 2.45) is 4.99 Å². The number of allylic oxidation sites excluding steroid dienone is 6. The molecule has 1 aliphatic heterocycles. The molecular weight excluding hydrogens is 438 g/mol. The van der Waals surface area contributed by atoms with Gasteiger partial charge in [0.1, 0.15) is 12.4 Å². The lowest BCUT2D eigenvalue weighted by molar-refractivity contribution is 0.146. The van der Waals surface area contributed by atoms with E-state index in [9.17, 15) is 5.11 Å². The standard InChI is InChI=1S/C29H39N3O3/c1-6-9-14-24(27(33)13-8-3)22(5)32-29(28-26(12-7-2)31-18-20-34-28)35-19-17-21(4)23-15-10-11-16-25(23)30/h6,9-16,31,33H,4,7-8,17-20,30H2,1-3,5H3/b9-6-,24-14-,26-12-,27-13-,29-28-,32-22-. The summed E-state index contributed by atoms with van der Waals surface area (Å²) in [5.74, 6) is 1.10. The number of morpholine rings is 1. The lowest BCUT2D eigenvalue weighted by Crippen LogP contribution is -2.28. The van der Waals surface area contributed by atoms with Crippen LogP contribution in [0.1, 0.15) is 52.5 Å². The number of benzene rings is 1. The zero-order chi connectivity index (χ0) is 25.6. The van der Waals surface area contributed by atoms with Crippen LogP contribution in [0.15, 0.2) is 94.9 Å². The van der Waals surface area contributed by atoms with Crippen LogP contribution in [0.25, 0.3) is 5.57 Å². The molecule has 1 fully saturated rings. The van der Waals surface area contributed by atoms with Crippen LogP contribution in [0.2, 0.25) is 0 Å². The topological polar surface area (TPSA) is 89.1 Å². The minimum absolute atomic E-state index is 0.177. The lowest BCUT2D eigenvalue weighted by Gasteiger charge is -2.23. The number of nitrogens with two attached hydrogens (primary N) is 1. The van der Waals surface area contributed by atoms with Crippen molar-refractivity contribution in [1.29, 1.82) is 0 Å². The number of nitrogens with zero attached hydrogens (tertiary/aromatic N) is 1. The van der Waals surface area contributed by atoms with Gasteiger partial charge < -0.3 is 25.6 Å². The first-order valence-corrected chi connectivity index (χ1v) is 12.2. The molecule has 6 heteroatoms. The molecule has 0 aromatic heterocycles. The highest BCUT2D eigenvalue weighted by molar-refractivity contribution is 6.02. The molecule has 0 atom stereocenters. The average molecular weight is 478 g/mol. The maximum Gasteiger partial charge on any atom is 0.259 e. The number of anilines is 1. The smallest absolute Gasteiger partial charge is 0.259 e. The van der Waals surface area contributed by atoms with E-state index in [-0.39, 0.29) is 5.76 Å². The zero-order valence-corrected chi connectivity index (χ0v) is 21.4. The SMILES string of the molecule is C=C(CCOC(\N=C(C)/C(=C/C=C\C)C(/O)=C/CC)=C1/OCCN/C1=C\CC)c1ccccc1N. The van der Waals surface area contributed by atoms with Gasteiger partial charge in [0.05, 0.1) is 18.0 Å². The molecule has 0 unspecified atom stereocenters. The second kappa shape index (κ2) is 14.6. The van der Waals surface area contributed by atoms with Gasteiger partial charge in [-0.25, -0.2) is 4.99 Å². The number of hydrogen-bond donors (Lipinski definition) is 3. The highest BCUT2D eigenvalue weighted by Crippen LogP contribution is 2.25. The highest BCUT2D eigenvalue weighted by atomic mass is 16.5. The summed E-state index contributed by atoms with van der Waals surface area (Å²) in [7, 11) is 0. The van der Waals surface area contributed by atoms with Crippen LogP contribution in [-0.2, 0) is 9.47 Å². The Balaban J connectivity index is 2.41. The van der Waals surface area contributed by atoms with E-state index < -0.39 is 0 Å². The van der Waals surface area contributed by atoms with Gasteiger partial charge in [0.15, 0.2) is 0 Å². The maximum atomic E-state index is 10.6. The Hall–Kier alpha value is -3.67. The molecule has 0 amide bonds. The number of nitrogens with one attached hydrogen (secondary N) is 1. The number of para-hydroxylation sites is 1. The predicted molar refractivity (Wildman–Crippen MR) is 147 cm³/mol. The van der Waals surface area contributed by atoms with Crippen LogP contribution in [0.4, 0.5) is 5.69 Å². The molecule has 1 heterocycles. The summed E-state index contributed by atoms with van der Waals surface area (Å²) in [5.41, 5.74) is 10.7. The fourth-order valence-corrected chi connectivity index (χ4v) is 3.52. The monoisotopic (exact) mass is 477 g/mol. The zero-order valence-electron chi connectivity index (χ0n) is 21.4. The van der Waals surface area contributed by atoms with E-state index in [1.807, 2.05) is 63.3 Å². The van der Waals surface area contributed by atoms with Crippen LogP contribution in [0, 0.1) is 0 Å². The third-order valence-corrected chi connectivity index (χ3v) is 5.28. The van der Waals surface area contributed by atoms with Crippen molar-refractivity contribution in [3.8, 4) is 0 Å². The van der Waals surface area contributed by atoms with Crippen LogP contribution in [0.3, 0.4) is 0 Å². The van der Waals surface area contributed by atoms with Crippen LogP contribution >= 0.6 is 0 Å². The molecule has 2 rings (SSSR count). The fourth-order valence-electron chi connectivity index (χ4n) is 3.52. The molecule has 1 aromatic carbocycles. The number of ether oxygens (including phenoxy) is 2. The molecule has 1 aliphatic rings. The lowest BCUT2D eigenvalue weighted by atomic mass is 10.0. The number of aliphatic imine (C=N–C) groups is 1. The number of aliphatic hydroxyl groups excluding tert-OH is 1. The van der Waals surface area contributed by atoms with E-state index in [0.29, 0.717) is 61.2 Å². The first kappa shape index (κ1) is 27.6. The average Bonchev–Trinajstić information content (AvgIpc) is 2.84. The second-order valence-electron chi connectivity index (χ2n) is 8.03. The summed E-state index contributed by atoms with van der Waals surface area (Å²) in [6, 6.07) is 7.66. The van der Waals surface area contributed by atoms with Gasteiger partial charge in [-0.15, -0.1) is 0 Å². The Kier molecular flexibility index (Phi) is 11.5. The third-order valence-electron chi connectivity index (χ3n) is 5.28. The Labute approximate surface area is 209 Å². The van der Waals surface area contributed by atoms with E-state index in [1.54, 1.807) is 6.08 Å². The van der Waals surface area contributed by atoms with Crippen molar-refractivity contribution >= 4 is 17.0 Å². The van der Waals surface area contributed by atoms with Crippen LogP contribution in [0.5, 0.6) is 0 Å². The van der Waals surface area contributed by atoms with Gasteiger partial charge in [0.2, 0.25) is 5.76 Å². The molecule has 0 spiro atoms. The summed E-state index contributed by atoms with van der Waals surface area (Å²) in [6.45, 7) is 13.6. The molecule has 0 aliphatic carbocycles. The first-order valence-electron chi connectivity index (χ1n) is 12.2. The Morgan fingerprint density at radius 2 is 2.06 bits per heavy atom. The van der Waals surface area contributed by atoms with Gasteiger partial charge in [-0.05, 0) is 50.5 Å². The predicted octanol–water partition coefficient (Wildman–Crippen LogP) is 6.59. The summed E-state index contributed by atoms with van der Waals surface area (Å²) < 4.78 is 12.2.